The van der Waals surface area contributed by atoms with E-state index >= 15 is 0 Å². The summed E-state index contributed by atoms with van der Waals surface area (Å²) in [6.07, 6.45) is 1.02. The molecule has 0 amide bonds. The molecular formula is C13H20FN3. The smallest absolute Gasteiger partial charge is 0.136 e. The lowest BCUT2D eigenvalue weighted by Gasteiger charge is -2.23. The highest BCUT2D eigenvalue weighted by Crippen LogP contribution is 2.22. The van der Waals surface area contributed by atoms with Gasteiger partial charge >= 0.3 is 0 Å². The molecule has 0 aliphatic heterocycles. The highest BCUT2D eigenvalue weighted by atomic mass is 19.1. The van der Waals surface area contributed by atoms with Crippen molar-refractivity contribution in [3.63, 3.8) is 0 Å². The van der Waals surface area contributed by atoms with Gasteiger partial charge in [0.05, 0.1) is 11.3 Å². The molecule has 0 atom stereocenters. The summed E-state index contributed by atoms with van der Waals surface area (Å²) in [5, 5.41) is 7.44. The summed E-state index contributed by atoms with van der Waals surface area (Å²) in [7, 11) is 1.89. The quantitative estimate of drug-likeness (QED) is 0.611. The highest BCUT2D eigenvalue weighted by Gasteiger charge is 2.14. The predicted octanol–water partition coefficient (Wildman–Crippen LogP) is 2.59. The van der Waals surface area contributed by atoms with Crippen molar-refractivity contribution < 1.29 is 4.39 Å². The first-order chi connectivity index (χ1) is 7.93. The number of nitrogens with zero attached hydrogens (tertiary/aromatic N) is 1. The molecule has 0 spiro atoms. The third-order valence-corrected chi connectivity index (χ3v) is 2.71. The van der Waals surface area contributed by atoms with Crippen molar-refractivity contribution in [2.75, 3.05) is 18.5 Å². The standard InChI is InChI=1S/C13H20FN3/c1-9(2)7-8-17(3)11-6-4-5-10(14)12(11)13(15)16/h4-6,9H,7-8H2,1-3H3,(H3,15,16). The van der Waals surface area contributed by atoms with Gasteiger partial charge in [-0.2, -0.15) is 0 Å². The third-order valence-electron chi connectivity index (χ3n) is 2.71. The number of rotatable bonds is 5. The van der Waals surface area contributed by atoms with Crippen molar-refractivity contribution in [3.05, 3.63) is 29.6 Å². The Hall–Kier alpha value is -1.58. The highest BCUT2D eigenvalue weighted by molar-refractivity contribution is 6.00. The van der Waals surface area contributed by atoms with Crippen LogP contribution in [0.5, 0.6) is 0 Å². The Labute approximate surface area is 102 Å². The number of hydrogen-bond donors (Lipinski definition) is 2. The van der Waals surface area contributed by atoms with Crippen molar-refractivity contribution >= 4 is 11.5 Å². The molecular weight excluding hydrogens is 217 g/mol. The Morgan fingerprint density at radius 1 is 1.47 bits per heavy atom. The van der Waals surface area contributed by atoms with E-state index in [0.717, 1.165) is 13.0 Å². The average Bonchev–Trinajstić information content (AvgIpc) is 2.24. The van der Waals surface area contributed by atoms with Gasteiger partial charge in [0.2, 0.25) is 0 Å². The van der Waals surface area contributed by atoms with Crippen LogP contribution in [0.1, 0.15) is 25.8 Å². The molecule has 0 saturated heterocycles. The molecule has 3 N–H and O–H groups in total. The van der Waals surface area contributed by atoms with Crippen molar-refractivity contribution in [2.24, 2.45) is 11.7 Å². The molecule has 17 heavy (non-hydrogen) atoms. The second-order valence-corrected chi connectivity index (χ2v) is 4.65. The molecule has 0 aliphatic carbocycles. The van der Waals surface area contributed by atoms with E-state index in [-0.39, 0.29) is 11.4 Å². The van der Waals surface area contributed by atoms with Gasteiger partial charge in [0, 0.05) is 13.6 Å². The minimum atomic E-state index is -0.439. The zero-order valence-corrected chi connectivity index (χ0v) is 10.6. The van der Waals surface area contributed by atoms with Gasteiger partial charge in [-0.25, -0.2) is 4.39 Å². The molecule has 0 heterocycles. The van der Waals surface area contributed by atoms with Crippen LogP contribution in [0.25, 0.3) is 0 Å². The fourth-order valence-corrected chi connectivity index (χ4v) is 1.67. The average molecular weight is 237 g/mol. The van der Waals surface area contributed by atoms with Gasteiger partial charge in [0.15, 0.2) is 0 Å². The normalized spacial score (nSPS) is 10.6. The molecule has 0 radical (unpaired) electrons. The van der Waals surface area contributed by atoms with Gasteiger partial charge in [-0.15, -0.1) is 0 Å². The number of nitrogens with two attached hydrogens (primary N) is 1. The van der Waals surface area contributed by atoms with Crippen LogP contribution in [0.4, 0.5) is 10.1 Å². The van der Waals surface area contributed by atoms with Gasteiger partial charge in [-0.05, 0) is 24.5 Å². The van der Waals surface area contributed by atoms with Gasteiger partial charge in [-0.3, -0.25) is 5.41 Å². The number of nitrogens with one attached hydrogen (secondary N) is 1. The van der Waals surface area contributed by atoms with Crippen LogP contribution in [-0.2, 0) is 0 Å². The molecule has 3 nitrogen and oxygen atoms in total. The van der Waals surface area contributed by atoms with E-state index < -0.39 is 5.82 Å². The van der Waals surface area contributed by atoms with Crippen molar-refractivity contribution in [2.45, 2.75) is 20.3 Å². The maximum absolute atomic E-state index is 13.6. The van der Waals surface area contributed by atoms with E-state index in [4.69, 9.17) is 11.1 Å². The summed E-state index contributed by atoms with van der Waals surface area (Å²) < 4.78 is 13.6. The number of anilines is 1. The minimum absolute atomic E-state index is 0.193. The summed E-state index contributed by atoms with van der Waals surface area (Å²) in [5.41, 5.74) is 6.30. The zero-order valence-electron chi connectivity index (χ0n) is 10.6. The molecule has 1 rings (SSSR count). The van der Waals surface area contributed by atoms with Crippen LogP contribution in [-0.4, -0.2) is 19.4 Å². The molecule has 0 saturated carbocycles. The Kier molecular flexibility index (Phi) is 4.49. The number of amidine groups is 1. The van der Waals surface area contributed by atoms with Crippen LogP contribution >= 0.6 is 0 Å². The fourth-order valence-electron chi connectivity index (χ4n) is 1.67. The van der Waals surface area contributed by atoms with Crippen LogP contribution in [0.15, 0.2) is 18.2 Å². The van der Waals surface area contributed by atoms with Crippen molar-refractivity contribution in [1.82, 2.24) is 0 Å². The van der Waals surface area contributed by atoms with Crippen LogP contribution in [0.3, 0.4) is 0 Å². The first-order valence-electron chi connectivity index (χ1n) is 5.77. The SMILES string of the molecule is CC(C)CCN(C)c1cccc(F)c1C(=N)N. The number of halogens is 1. The summed E-state index contributed by atoms with van der Waals surface area (Å²) >= 11 is 0. The molecule has 1 aromatic rings. The molecule has 4 heteroatoms. The van der Waals surface area contributed by atoms with Gasteiger partial charge in [-0.1, -0.05) is 19.9 Å². The van der Waals surface area contributed by atoms with E-state index in [2.05, 4.69) is 13.8 Å². The monoisotopic (exact) mass is 237 g/mol. The van der Waals surface area contributed by atoms with E-state index in [1.165, 1.54) is 6.07 Å². The van der Waals surface area contributed by atoms with E-state index in [1.54, 1.807) is 12.1 Å². The Morgan fingerprint density at radius 2 is 2.12 bits per heavy atom. The maximum atomic E-state index is 13.6. The number of hydrogen-bond acceptors (Lipinski definition) is 2. The Morgan fingerprint density at radius 3 is 2.65 bits per heavy atom. The molecule has 0 aromatic heterocycles. The molecule has 0 aliphatic rings. The van der Waals surface area contributed by atoms with Gasteiger partial charge in [0.25, 0.3) is 0 Å². The molecule has 94 valence electrons. The lowest BCUT2D eigenvalue weighted by molar-refractivity contribution is 0.583. The lowest BCUT2D eigenvalue weighted by atomic mass is 10.1. The summed E-state index contributed by atoms with van der Waals surface area (Å²) in [6.45, 7) is 5.11. The Balaban J connectivity index is 2.96. The van der Waals surface area contributed by atoms with Gasteiger partial charge in [0.1, 0.15) is 11.7 Å². The van der Waals surface area contributed by atoms with Crippen LogP contribution in [0.2, 0.25) is 0 Å². The molecule has 0 unspecified atom stereocenters. The van der Waals surface area contributed by atoms with Crippen LogP contribution < -0.4 is 10.6 Å². The van der Waals surface area contributed by atoms with E-state index in [0.29, 0.717) is 11.6 Å². The van der Waals surface area contributed by atoms with Gasteiger partial charge < -0.3 is 10.6 Å². The maximum Gasteiger partial charge on any atom is 0.136 e. The minimum Gasteiger partial charge on any atom is -0.384 e. The van der Waals surface area contributed by atoms with Crippen LogP contribution in [0, 0.1) is 17.1 Å². The number of nitrogen functional groups attached to an aromatic ring is 1. The van der Waals surface area contributed by atoms with Crippen molar-refractivity contribution in [3.8, 4) is 0 Å². The Bertz CT molecular complexity index is 402. The lowest BCUT2D eigenvalue weighted by Crippen LogP contribution is -2.25. The van der Waals surface area contributed by atoms with Crippen molar-refractivity contribution in [1.29, 1.82) is 5.41 Å². The summed E-state index contributed by atoms with van der Waals surface area (Å²) in [6, 6.07) is 4.76. The third kappa shape index (κ3) is 3.44. The number of benzene rings is 1. The summed E-state index contributed by atoms with van der Waals surface area (Å²) in [5.74, 6) is -0.0762. The topological polar surface area (TPSA) is 53.1 Å². The molecule has 1 aromatic carbocycles. The first kappa shape index (κ1) is 13.5. The molecule has 0 bridgehead atoms. The largest absolute Gasteiger partial charge is 0.384 e. The van der Waals surface area contributed by atoms with E-state index in [1.807, 2.05) is 11.9 Å². The zero-order chi connectivity index (χ0) is 13.0. The fraction of sp³-hybridized carbons (Fsp3) is 0.462. The van der Waals surface area contributed by atoms with E-state index in [9.17, 15) is 4.39 Å². The second kappa shape index (κ2) is 5.66. The predicted molar refractivity (Wildman–Crippen MR) is 70.1 cm³/mol. The second-order valence-electron chi connectivity index (χ2n) is 4.65. The first-order valence-corrected chi connectivity index (χ1v) is 5.77. The molecule has 0 fully saturated rings. The summed E-state index contributed by atoms with van der Waals surface area (Å²) in [4.78, 5) is 1.94.